The number of halogens is 3. The second-order valence-electron chi connectivity index (χ2n) is 2.16. The van der Waals surface area contributed by atoms with Gasteiger partial charge in [0, 0.05) is 13.0 Å². The Morgan fingerprint density at radius 1 is 1.33 bits per heavy atom. The average Bonchev–Trinajstić information content (AvgIpc) is 1.76. The molecule has 0 amide bonds. The van der Waals surface area contributed by atoms with Gasteiger partial charge in [-0.25, -0.2) is 9.86 Å². The predicted molar refractivity (Wildman–Crippen MR) is 36.4 cm³/mol. The minimum atomic E-state index is -4.25. The molecule has 4 nitrogen and oxygen atoms in total. The van der Waals surface area contributed by atoms with Crippen LogP contribution in [0.5, 0.6) is 0 Å². The van der Waals surface area contributed by atoms with Crippen LogP contribution in [0.2, 0.25) is 0 Å². The van der Waals surface area contributed by atoms with Crippen molar-refractivity contribution < 1.29 is 21.6 Å². The van der Waals surface area contributed by atoms with Crippen LogP contribution < -0.4 is 9.86 Å². The number of nitrogens with one attached hydrogen (secondary N) is 1. The smallest absolute Gasteiger partial charge is 0.216 e. The summed E-state index contributed by atoms with van der Waals surface area (Å²) in [6.45, 7) is -0.293. The lowest BCUT2D eigenvalue weighted by Crippen LogP contribution is -2.32. The number of alkyl halides is 3. The summed E-state index contributed by atoms with van der Waals surface area (Å²) in [5, 5.41) is 4.47. The van der Waals surface area contributed by atoms with E-state index in [1.807, 2.05) is 0 Å². The van der Waals surface area contributed by atoms with Gasteiger partial charge in [-0.1, -0.05) is 0 Å². The van der Waals surface area contributed by atoms with Gasteiger partial charge in [-0.15, -0.1) is 0 Å². The fraction of sp³-hybridized carbons (Fsp3) is 1.00. The van der Waals surface area contributed by atoms with Crippen molar-refractivity contribution in [2.75, 3.05) is 6.54 Å². The monoisotopic (exact) mass is 206 g/mol. The molecule has 12 heavy (non-hydrogen) atoms. The van der Waals surface area contributed by atoms with Gasteiger partial charge < -0.3 is 0 Å². The molecule has 74 valence electrons. The third kappa shape index (κ3) is 9.66. The van der Waals surface area contributed by atoms with Crippen LogP contribution in [0.3, 0.4) is 0 Å². The van der Waals surface area contributed by atoms with Crippen molar-refractivity contribution in [1.82, 2.24) is 4.72 Å². The van der Waals surface area contributed by atoms with Gasteiger partial charge in [0.1, 0.15) is 0 Å². The maximum Gasteiger partial charge on any atom is 0.389 e. The minimum Gasteiger partial charge on any atom is -0.216 e. The summed E-state index contributed by atoms with van der Waals surface area (Å²) in [4.78, 5) is 0. The SMILES string of the molecule is NS(=O)(=O)NCCCC(F)(F)F. The quantitative estimate of drug-likeness (QED) is 0.641. The Kier molecular flexibility index (Phi) is 3.94. The molecule has 0 aliphatic rings. The summed E-state index contributed by atoms with van der Waals surface area (Å²) >= 11 is 0. The normalized spacial score (nSPS) is 13.3. The first-order chi connectivity index (χ1) is 5.21. The largest absolute Gasteiger partial charge is 0.389 e. The molecule has 0 rings (SSSR count). The number of hydrogen-bond acceptors (Lipinski definition) is 2. The summed E-state index contributed by atoms with van der Waals surface area (Å²) in [6.07, 6.45) is -5.57. The first-order valence-electron chi connectivity index (χ1n) is 3.05. The van der Waals surface area contributed by atoms with Gasteiger partial charge >= 0.3 is 6.18 Å². The van der Waals surface area contributed by atoms with Crippen LogP contribution in [-0.2, 0) is 10.2 Å². The molecule has 0 saturated carbocycles. The standard InChI is InChI=1S/C4H9F3N2O2S/c5-4(6,7)2-1-3-9-12(8,10)11/h9H,1-3H2,(H2,8,10,11). The van der Waals surface area contributed by atoms with Gasteiger partial charge in [0.25, 0.3) is 10.2 Å². The number of rotatable bonds is 4. The van der Waals surface area contributed by atoms with Crippen LogP contribution in [0.4, 0.5) is 13.2 Å². The molecule has 0 radical (unpaired) electrons. The zero-order valence-corrected chi connectivity index (χ0v) is 6.87. The van der Waals surface area contributed by atoms with E-state index < -0.39 is 22.8 Å². The van der Waals surface area contributed by atoms with Gasteiger partial charge in [-0.3, -0.25) is 0 Å². The summed E-state index contributed by atoms with van der Waals surface area (Å²) in [5.41, 5.74) is 0. The Morgan fingerprint density at radius 3 is 2.17 bits per heavy atom. The van der Waals surface area contributed by atoms with E-state index in [-0.39, 0.29) is 13.0 Å². The van der Waals surface area contributed by atoms with Crippen molar-refractivity contribution in [2.24, 2.45) is 5.14 Å². The third-order valence-corrected chi connectivity index (χ3v) is 1.55. The molecule has 0 aliphatic heterocycles. The highest BCUT2D eigenvalue weighted by Gasteiger charge is 2.25. The Bertz CT molecular complexity index is 223. The summed E-state index contributed by atoms with van der Waals surface area (Å²) in [5.74, 6) is 0. The van der Waals surface area contributed by atoms with E-state index in [2.05, 4.69) is 5.14 Å². The Labute approximate surface area is 68.1 Å². The predicted octanol–water partition coefficient (Wildman–Crippen LogP) is 0.122. The number of nitrogens with two attached hydrogens (primary N) is 1. The highest BCUT2D eigenvalue weighted by Crippen LogP contribution is 2.20. The third-order valence-electron chi connectivity index (χ3n) is 0.940. The van der Waals surface area contributed by atoms with Crippen LogP contribution in [0.15, 0.2) is 0 Å². The molecular formula is C4H9F3N2O2S. The van der Waals surface area contributed by atoms with Gasteiger partial charge in [-0.2, -0.15) is 21.6 Å². The van der Waals surface area contributed by atoms with Crippen molar-refractivity contribution >= 4 is 10.2 Å². The fourth-order valence-electron chi connectivity index (χ4n) is 0.503. The van der Waals surface area contributed by atoms with Crippen LogP contribution in [0.1, 0.15) is 12.8 Å². The zero-order valence-electron chi connectivity index (χ0n) is 6.06. The van der Waals surface area contributed by atoms with Gasteiger partial charge in [-0.05, 0) is 6.42 Å². The number of hydrogen-bond donors (Lipinski definition) is 2. The van der Waals surface area contributed by atoms with E-state index in [9.17, 15) is 21.6 Å². The summed E-state index contributed by atoms with van der Waals surface area (Å²) < 4.78 is 56.4. The van der Waals surface area contributed by atoms with Crippen molar-refractivity contribution in [1.29, 1.82) is 0 Å². The molecule has 0 aromatic carbocycles. The van der Waals surface area contributed by atoms with Crippen molar-refractivity contribution in [2.45, 2.75) is 19.0 Å². The molecule has 0 unspecified atom stereocenters. The Morgan fingerprint density at radius 2 is 1.83 bits per heavy atom. The maximum absolute atomic E-state index is 11.5. The molecule has 3 N–H and O–H groups in total. The first kappa shape index (κ1) is 11.7. The molecular weight excluding hydrogens is 197 g/mol. The van der Waals surface area contributed by atoms with Gasteiger partial charge in [0.2, 0.25) is 0 Å². The van der Waals surface area contributed by atoms with Crippen LogP contribution in [-0.4, -0.2) is 21.1 Å². The lowest BCUT2D eigenvalue weighted by molar-refractivity contribution is -0.135. The minimum absolute atomic E-state index is 0.293. The topological polar surface area (TPSA) is 72.2 Å². The van der Waals surface area contributed by atoms with Crippen LogP contribution in [0.25, 0.3) is 0 Å². The van der Waals surface area contributed by atoms with Crippen LogP contribution >= 0.6 is 0 Å². The molecule has 0 aliphatic carbocycles. The second-order valence-corrected chi connectivity index (χ2v) is 3.54. The molecule has 0 aromatic rings. The second kappa shape index (κ2) is 4.06. The summed E-state index contributed by atoms with van der Waals surface area (Å²) in [6, 6.07) is 0. The van der Waals surface area contributed by atoms with Crippen LogP contribution in [0, 0.1) is 0 Å². The van der Waals surface area contributed by atoms with Crippen molar-refractivity contribution in [3.05, 3.63) is 0 Å². The molecule has 8 heteroatoms. The van der Waals surface area contributed by atoms with E-state index in [1.165, 1.54) is 0 Å². The van der Waals surface area contributed by atoms with Gasteiger partial charge in [0.05, 0.1) is 0 Å². The Hall–Kier alpha value is -0.340. The van der Waals surface area contributed by atoms with E-state index in [0.29, 0.717) is 0 Å². The van der Waals surface area contributed by atoms with E-state index in [0.717, 1.165) is 0 Å². The average molecular weight is 206 g/mol. The molecule has 0 spiro atoms. The lowest BCUT2D eigenvalue weighted by atomic mass is 10.3. The molecule has 0 heterocycles. The van der Waals surface area contributed by atoms with Gasteiger partial charge in [0.15, 0.2) is 0 Å². The zero-order chi connectivity index (χ0) is 9.83. The van der Waals surface area contributed by atoms with Crippen molar-refractivity contribution in [3.8, 4) is 0 Å². The molecule has 0 atom stereocenters. The van der Waals surface area contributed by atoms with E-state index >= 15 is 0 Å². The molecule has 0 saturated heterocycles. The van der Waals surface area contributed by atoms with E-state index in [1.54, 1.807) is 4.72 Å². The highest BCUT2D eigenvalue weighted by molar-refractivity contribution is 7.87. The maximum atomic E-state index is 11.5. The highest BCUT2D eigenvalue weighted by atomic mass is 32.2. The fourth-order valence-corrected chi connectivity index (χ4v) is 0.932. The molecule has 0 bridgehead atoms. The first-order valence-corrected chi connectivity index (χ1v) is 4.59. The molecule has 0 aromatic heterocycles. The molecule has 0 fully saturated rings. The Balaban J connectivity index is 3.48. The van der Waals surface area contributed by atoms with E-state index in [4.69, 9.17) is 0 Å². The van der Waals surface area contributed by atoms with Crippen molar-refractivity contribution in [3.63, 3.8) is 0 Å². The summed E-state index contributed by atoms with van der Waals surface area (Å²) in [7, 11) is -3.86. The lowest BCUT2D eigenvalue weighted by Gasteiger charge is -2.05.